The number of aldehydes is 2. The molecule has 1 aliphatic rings. The number of piperidine rings is 1. The molecule has 0 unspecified atom stereocenters. The molecule has 1 aliphatic heterocycles. The second kappa shape index (κ2) is 16.3. The van der Waals surface area contributed by atoms with Gasteiger partial charge in [-0.3, -0.25) is 14.4 Å². The first-order valence-corrected chi connectivity index (χ1v) is 14.3. The van der Waals surface area contributed by atoms with Gasteiger partial charge in [0, 0.05) is 52.9 Å². The van der Waals surface area contributed by atoms with E-state index in [9.17, 15) is 27.6 Å². The van der Waals surface area contributed by atoms with E-state index in [1.165, 1.54) is 11.3 Å². The van der Waals surface area contributed by atoms with Gasteiger partial charge in [-0.1, -0.05) is 6.92 Å². The predicted molar refractivity (Wildman–Crippen MR) is 153 cm³/mol. The molecular formula is C27H34F3N3O5S2. The highest BCUT2D eigenvalue weighted by atomic mass is 32.1. The highest BCUT2D eigenvalue weighted by molar-refractivity contribution is 7.21. The Morgan fingerprint density at radius 2 is 1.90 bits per heavy atom. The van der Waals surface area contributed by atoms with Crippen molar-refractivity contribution >= 4 is 56.9 Å². The van der Waals surface area contributed by atoms with Crippen LogP contribution in [0.5, 0.6) is 5.75 Å². The number of nitrogens with one attached hydrogen (secondary N) is 2. The summed E-state index contributed by atoms with van der Waals surface area (Å²) in [4.78, 5) is 33.8. The summed E-state index contributed by atoms with van der Waals surface area (Å²) < 4.78 is 42.6. The van der Waals surface area contributed by atoms with Crippen LogP contribution in [0.25, 0.3) is 10.1 Å². The quantitative estimate of drug-likeness (QED) is 0.312. The van der Waals surface area contributed by atoms with Gasteiger partial charge in [-0.25, -0.2) is 0 Å². The number of amides is 1. The van der Waals surface area contributed by atoms with E-state index in [1.807, 2.05) is 30.8 Å². The summed E-state index contributed by atoms with van der Waals surface area (Å²) in [5.74, 6) is -0.147. The van der Waals surface area contributed by atoms with Crippen LogP contribution in [0.2, 0.25) is 0 Å². The number of nitrogens with zero attached hydrogens (tertiary/aromatic N) is 1. The van der Waals surface area contributed by atoms with E-state index in [4.69, 9.17) is 9.84 Å². The highest BCUT2D eigenvalue weighted by Gasteiger charge is 2.30. The third kappa shape index (κ3) is 9.88. The zero-order valence-electron chi connectivity index (χ0n) is 22.5. The van der Waals surface area contributed by atoms with E-state index in [-0.39, 0.29) is 23.1 Å². The van der Waals surface area contributed by atoms with Crippen molar-refractivity contribution in [3.8, 4) is 5.75 Å². The lowest BCUT2D eigenvalue weighted by atomic mass is 10.1. The number of hydrogen-bond acceptors (Lipinski definition) is 9. The molecule has 1 fully saturated rings. The van der Waals surface area contributed by atoms with Crippen molar-refractivity contribution in [1.29, 1.82) is 0 Å². The van der Waals surface area contributed by atoms with Crippen molar-refractivity contribution in [2.24, 2.45) is 0 Å². The molecule has 40 heavy (non-hydrogen) atoms. The Balaban J connectivity index is 0.000000246. The molecule has 0 saturated carbocycles. The molecule has 1 aromatic carbocycles. The van der Waals surface area contributed by atoms with Gasteiger partial charge < -0.3 is 25.4 Å². The number of fused-ring (bicyclic) bond motifs is 1. The van der Waals surface area contributed by atoms with Crippen LogP contribution in [0.3, 0.4) is 0 Å². The fraction of sp³-hybridized carbons (Fsp3) is 0.444. The molecule has 3 aromatic rings. The summed E-state index contributed by atoms with van der Waals surface area (Å²) in [6, 6.07) is 5.92. The molecular weight excluding hydrogens is 567 g/mol. The van der Waals surface area contributed by atoms with E-state index in [0.717, 1.165) is 71.5 Å². The van der Waals surface area contributed by atoms with Crippen LogP contribution in [-0.2, 0) is 11.2 Å². The topological polar surface area (TPSA) is 108 Å². The minimum absolute atomic E-state index is 0.00137. The van der Waals surface area contributed by atoms with Crippen LogP contribution < -0.4 is 15.4 Å². The van der Waals surface area contributed by atoms with Crippen molar-refractivity contribution in [3.63, 3.8) is 0 Å². The van der Waals surface area contributed by atoms with E-state index >= 15 is 0 Å². The van der Waals surface area contributed by atoms with Gasteiger partial charge in [-0.2, -0.15) is 24.5 Å². The van der Waals surface area contributed by atoms with Gasteiger partial charge in [0.1, 0.15) is 17.2 Å². The van der Waals surface area contributed by atoms with Gasteiger partial charge in [0.25, 0.3) is 0 Å². The van der Waals surface area contributed by atoms with E-state index in [2.05, 4.69) is 10.6 Å². The number of hydrogen-bond donors (Lipinski definition) is 3. The highest BCUT2D eigenvalue weighted by Crippen LogP contribution is 2.40. The van der Waals surface area contributed by atoms with Crippen LogP contribution in [0.15, 0.2) is 29.0 Å². The number of carbonyl (C=O) groups excluding carboxylic acids is 3. The fourth-order valence-electron chi connectivity index (χ4n) is 3.95. The number of aryl methyl sites for hydroxylation is 1. The third-order valence-corrected chi connectivity index (χ3v) is 7.86. The number of aliphatic hydroxyl groups is 1. The van der Waals surface area contributed by atoms with E-state index in [0.29, 0.717) is 17.7 Å². The molecule has 0 atom stereocenters. The molecule has 3 N–H and O–H groups in total. The number of anilines is 1. The Morgan fingerprint density at radius 1 is 1.20 bits per heavy atom. The molecule has 0 radical (unpaired) electrons. The molecule has 8 nitrogen and oxygen atoms in total. The van der Waals surface area contributed by atoms with E-state index < -0.39 is 12.8 Å². The Morgan fingerprint density at radius 3 is 2.35 bits per heavy atom. The molecule has 0 aliphatic carbocycles. The molecule has 220 valence electrons. The molecule has 2 aromatic heterocycles. The summed E-state index contributed by atoms with van der Waals surface area (Å²) in [5.41, 5.74) is 2.62. The maximum Gasteiger partial charge on any atom is 0.422 e. The first-order valence-electron chi connectivity index (χ1n) is 12.6. The van der Waals surface area contributed by atoms with Gasteiger partial charge in [0.2, 0.25) is 5.91 Å². The number of carbonyl (C=O) groups is 3. The van der Waals surface area contributed by atoms with Crippen molar-refractivity contribution in [3.05, 3.63) is 45.0 Å². The summed E-state index contributed by atoms with van der Waals surface area (Å²) in [7, 11) is 3.68. The van der Waals surface area contributed by atoms with Crippen molar-refractivity contribution in [2.45, 2.75) is 38.4 Å². The van der Waals surface area contributed by atoms with Crippen LogP contribution in [-0.4, -0.2) is 81.1 Å². The van der Waals surface area contributed by atoms with Gasteiger partial charge in [0.05, 0.1) is 0 Å². The van der Waals surface area contributed by atoms with Gasteiger partial charge in [-0.05, 0) is 55.5 Å². The lowest BCUT2D eigenvalue weighted by Crippen LogP contribution is -2.44. The lowest BCUT2D eigenvalue weighted by Gasteiger charge is -2.31. The predicted octanol–water partition coefficient (Wildman–Crippen LogP) is 5.01. The average molecular weight is 602 g/mol. The number of likely N-dealkylation sites (tertiary alicyclic amines) is 1. The standard InChI is InChI=1S/C14H14F3NO2S.C8H16N2O2.C5H4OS/c1-3-8-4-11-9(5-10(8)18-2)13(12(6-19)21-11)20-7-14(15,16)17;1-9-7-2-4-10(5-3-7)8(12)6-11;6-3-5-1-2-7-4-5/h4-6,18H,3,7H2,1-2H3;7,9,11H,2-6H2,1H3;1-4H. The molecule has 1 saturated heterocycles. The SMILES string of the molecule is CCc1cc2sc(C=O)c(OCC(F)(F)F)c2cc1NC.CNC1CCN(C(=O)CO)CC1.O=Cc1ccsc1. The fourth-order valence-corrected chi connectivity index (χ4v) is 5.56. The molecule has 3 heterocycles. The first kappa shape index (κ1) is 33.2. The number of rotatable bonds is 8. The van der Waals surface area contributed by atoms with Crippen molar-refractivity contribution < 1.29 is 37.4 Å². The number of aliphatic hydroxyl groups excluding tert-OH is 1. The summed E-state index contributed by atoms with van der Waals surface area (Å²) in [5, 5.41) is 19.0. The smallest absolute Gasteiger partial charge is 0.422 e. The van der Waals surface area contributed by atoms with Gasteiger partial charge in [-0.15, -0.1) is 11.3 Å². The number of benzene rings is 1. The minimum Gasteiger partial charge on any atom is -0.482 e. The minimum atomic E-state index is -4.44. The average Bonchev–Trinajstić information content (AvgIpc) is 3.62. The normalized spacial score (nSPS) is 13.5. The molecule has 4 rings (SSSR count). The second-order valence-corrected chi connectivity index (χ2v) is 10.6. The maximum atomic E-state index is 12.3. The number of alkyl halides is 3. The molecule has 0 spiro atoms. The number of ether oxygens (including phenoxy) is 1. The largest absolute Gasteiger partial charge is 0.482 e. The van der Waals surface area contributed by atoms with Crippen LogP contribution in [0, 0.1) is 0 Å². The van der Waals surface area contributed by atoms with Crippen LogP contribution in [0.4, 0.5) is 18.9 Å². The summed E-state index contributed by atoms with van der Waals surface area (Å²) in [6.45, 7) is 1.75. The first-order chi connectivity index (χ1) is 19.1. The second-order valence-electron chi connectivity index (χ2n) is 8.70. The molecule has 1 amide bonds. The Kier molecular flexibility index (Phi) is 13.5. The molecule has 13 heteroatoms. The zero-order chi connectivity index (χ0) is 29.7. The van der Waals surface area contributed by atoms with Crippen molar-refractivity contribution in [1.82, 2.24) is 10.2 Å². The van der Waals surface area contributed by atoms with Gasteiger partial charge >= 0.3 is 6.18 Å². The summed E-state index contributed by atoms with van der Waals surface area (Å²) in [6.07, 6.45) is -0.315. The third-order valence-electron chi connectivity index (χ3n) is 6.10. The molecule has 0 bridgehead atoms. The Bertz CT molecular complexity index is 1220. The Labute approximate surface area is 239 Å². The monoisotopic (exact) mass is 601 g/mol. The van der Waals surface area contributed by atoms with Crippen LogP contribution >= 0.6 is 22.7 Å². The Hall–Kier alpha value is -3.00. The number of thiophene rings is 2. The lowest BCUT2D eigenvalue weighted by molar-refractivity contribution is -0.153. The zero-order valence-corrected chi connectivity index (χ0v) is 24.2. The summed E-state index contributed by atoms with van der Waals surface area (Å²) >= 11 is 2.67. The van der Waals surface area contributed by atoms with Crippen molar-refractivity contribution in [2.75, 3.05) is 45.7 Å². The van der Waals surface area contributed by atoms with E-state index in [1.54, 1.807) is 24.1 Å². The number of halogens is 3. The maximum absolute atomic E-state index is 12.3. The van der Waals surface area contributed by atoms with Gasteiger partial charge in [0.15, 0.2) is 19.2 Å². The van der Waals surface area contributed by atoms with Crippen LogP contribution in [0.1, 0.15) is 45.4 Å².